The second-order valence-corrected chi connectivity index (χ2v) is 6.24. The molecule has 3 rings (SSSR count). The fourth-order valence-corrected chi connectivity index (χ4v) is 3.70. The Kier molecular flexibility index (Phi) is 2.92. The number of anilines is 2. The number of nitrogens with two attached hydrogens (primary N) is 1. The maximum absolute atomic E-state index is 9.15. The molecule has 1 aliphatic carbocycles. The van der Waals surface area contributed by atoms with Gasteiger partial charge in [-0.15, -0.1) is 11.3 Å². The second-order valence-electron chi connectivity index (χ2n) is 5.24. The number of rotatable bonds is 2. The summed E-state index contributed by atoms with van der Waals surface area (Å²) in [5, 5.41) is 10.4. The van der Waals surface area contributed by atoms with Crippen molar-refractivity contribution in [2.24, 2.45) is 0 Å². The van der Waals surface area contributed by atoms with Crippen molar-refractivity contribution >= 4 is 22.0 Å². The van der Waals surface area contributed by atoms with Gasteiger partial charge in [-0.3, -0.25) is 0 Å². The molecule has 18 heavy (non-hydrogen) atoms. The molecule has 0 amide bonds. The van der Waals surface area contributed by atoms with Crippen LogP contribution >= 0.6 is 11.3 Å². The third-order valence-electron chi connectivity index (χ3n) is 3.84. The Hall–Kier alpha value is -1.25. The molecule has 1 saturated carbocycles. The molecule has 1 aliphatic heterocycles. The van der Waals surface area contributed by atoms with Gasteiger partial charge in [0.05, 0.1) is 10.7 Å². The first kappa shape index (κ1) is 11.8. The van der Waals surface area contributed by atoms with Crippen molar-refractivity contribution < 1.29 is 0 Å². The fraction of sp³-hybridized carbons (Fsp3) is 0.615. The van der Waals surface area contributed by atoms with E-state index in [0.717, 1.165) is 31.9 Å². The molecule has 1 saturated heterocycles. The van der Waals surface area contributed by atoms with Gasteiger partial charge in [0.25, 0.3) is 0 Å². The predicted octanol–water partition coefficient (Wildman–Crippen LogP) is 1.83. The number of nitrogen functional groups attached to an aromatic ring is 1. The normalized spacial score (nSPS) is 21.0. The summed E-state index contributed by atoms with van der Waals surface area (Å²) in [5.74, 6) is 0.609. The smallest absolute Gasteiger partial charge is 0.130 e. The average molecular weight is 262 g/mol. The fourth-order valence-electron chi connectivity index (χ4n) is 2.54. The first-order valence-corrected chi connectivity index (χ1v) is 7.28. The van der Waals surface area contributed by atoms with Crippen LogP contribution in [0.1, 0.15) is 29.2 Å². The maximum Gasteiger partial charge on any atom is 0.130 e. The average Bonchev–Trinajstić information content (AvgIpc) is 3.15. The summed E-state index contributed by atoms with van der Waals surface area (Å²) in [5.41, 5.74) is 8.15. The minimum absolute atomic E-state index is 0.609. The summed E-state index contributed by atoms with van der Waals surface area (Å²) >= 11 is 1.58. The molecular weight excluding hydrogens is 244 g/mol. The van der Waals surface area contributed by atoms with Crippen molar-refractivity contribution in [1.82, 2.24) is 4.90 Å². The summed E-state index contributed by atoms with van der Waals surface area (Å²) in [4.78, 5) is 5.45. The van der Waals surface area contributed by atoms with Crippen molar-refractivity contribution in [3.63, 3.8) is 0 Å². The molecule has 0 aromatic carbocycles. The number of nitrogens with zero attached hydrogens (tertiary/aromatic N) is 3. The van der Waals surface area contributed by atoms with E-state index < -0.39 is 0 Å². The SMILES string of the molecule is CN1CCN(c2sc(C#N)c(N)c2C2CC2)CC1. The van der Waals surface area contributed by atoms with E-state index in [1.165, 1.54) is 23.4 Å². The van der Waals surface area contributed by atoms with Crippen LogP contribution in [-0.4, -0.2) is 38.1 Å². The summed E-state index contributed by atoms with van der Waals surface area (Å²) < 4.78 is 0. The zero-order valence-electron chi connectivity index (χ0n) is 10.6. The Morgan fingerprint density at radius 1 is 1.28 bits per heavy atom. The van der Waals surface area contributed by atoms with Crippen molar-refractivity contribution in [3.8, 4) is 6.07 Å². The van der Waals surface area contributed by atoms with E-state index in [-0.39, 0.29) is 0 Å². The summed E-state index contributed by atoms with van der Waals surface area (Å²) in [6, 6.07) is 2.24. The van der Waals surface area contributed by atoms with Gasteiger partial charge in [-0.05, 0) is 25.8 Å². The van der Waals surface area contributed by atoms with Gasteiger partial charge in [0.15, 0.2) is 0 Å². The Labute approximate surface area is 112 Å². The standard InChI is InChI=1S/C13H18N4S/c1-16-4-6-17(7-5-16)13-11(9-2-3-9)12(15)10(8-14)18-13/h9H,2-7,15H2,1H3. The van der Waals surface area contributed by atoms with Crippen LogP contribution in [-0.2, 0) is 0 Å². The van der Waals surface area contributed by atoms with Crippen molar-refractivity contribution in [3.05, 3.63) is 10.4 Å². The number of piperazine rings is 1. The topological polar surface area (TPSA) is 56.3 Å². The van der Waals surface area contributed by atoms with E-state index in [0.29, 0.717) is 10.8 Å². The van der Waals surface area contributed by atoms with Gasteiger partial charge < -0.3 is 15.5 Å². The zero-order valence-corrected chi connectivity index (χ0v) is 11.5. The van der Waals surface area contributed by atoms with Gasteiger partial charge in [-0.2, -0.15) is 5.26 Å². The van der Waals surface area contributed by atoms with E-state index >= 15 is 0 Å². The highest BCUT2D eigenvalue weighted by molar-refractivity contribution is 7.17. The molecule has 1 aromatic rings. The van der Waals surface area contributed by atoms with Crippen LogP contribution in [0.2, 0.25) is 0 Å². The molecule has 96 valence electrons. The molecule has 2 aliphatic rings. The summed E-state index contributed by atoms with van der Waals surface area (Å²) in [6.45, 7) is 4.26. The van der Waals surface area contributed by atoms with Crippen LogP contribution in [0.25, 0.3) is 0 Å². The third kappa shape index (κ3) is 1.96. The highest BCUT2D eigenvalue weighted by Gasteiger charge is 2.33. The molecule has 0 radical (unpaired) electrons. The Balaban J connectivity index is 1.93. The quantitative estimate of drug-likeness (QED) is 0.883. The van der Waals surface area contributed by atoms with Gasteiger partial charge in [0, 0.05) is 31.7 Å². The number of hydrogen-bond acceptors (Lipinski definition) is 5. The van der Waals surface area contributed by atoms with Crippen molar-refractivity contribution in [2.45, 2.75) is 18.8 Å². The Morgan fingerprint density at radius 3 is 2.50 bits per heavy atom. The van der Waals surface area contributed by atoms with Crippen molar-refractivity contribution in [2.75, 3.05) is 43.9 Å². The molecule has 2 N–H and O–H groups in total. The van der Waals surface area contributed by atoms with Crippen LogP contribution < -0.4 is 10.6 Å². The lowest BCUT2D eigenvalue weighted by molar-refractivity contribution is 0.313. The number of likely N-dealkylation sites (N-methyl/N-ethyl adjacent to an activating group) is 1. The van der Waals surface area contributed by atoms with E-state index in [9.17, 15) is 0 Å². The summed E-state index contributed by atoms with van der Waals surface area (Å²) in [7, 11) is 2.16. The molecule has 4 nitrogen and oxygen atoms in total. The highest BCUT2D eigenvalue weighted by Crippen LogP contribution is 2.51. The number of nitriles is 1. The van der Waals surface area contributed by atoms with Crippen LogP contribution in [0, 0.1) is 11.3 Å². The highest BCUT2D eigenvalue weighted by atomic mass is 32.1. The third-order valence-corrected chi connectivity index (χ3v) is 5.03. The van der Waals surface area contributed by atoms with Crippen LogP contribution in [0.5, 0.6) is 0 Å². The molecule has 2 heterocycles. The van der Waals surface area contributed by atoms with Gasteiger partial charge >= 0.3 is 0 Å². The van der Waals surface area contributed by atoms with Gasteiger partial charge in [-0.25, -0.2) is 0 Å². The Morgan fingerprint density at radius 2 is 1.94 bits per heavy atom. The lowest BCUT2D eigenvalue weighted by atomic mass is 10.1. The molecule has 5 heteroatoms. The minimum Gasteiger partial charge on any atom is -0.397 e. The van der Waals surface area contributed by atoms with E-state index in [4.69, 9.17) is 11.0 Å². The minimum atomic E-state index is 0.609. The Bertz CT molecular complexity index is 490. The molecule has 0 bridgehead atoms. The number of hydrogen-bond donors (Lipinski definition) is 1. The molecule has 0 unspecified atom stereocenters. The molecular formula is C13H18N4S. The van der Waals surface area contributed by atoms with Gasteiger partial charge in [0.1, 0.15) is 10.9 Å². The maximum atomic E-state index is 9.15. The first-order chi connectivity index (χ1) is 8.70. The van der Waals surface area contributed by atoms with E-state index in [1.54, 1.807) is 11.3 Å². The van der Waals surface area contributed by atoms with Crippen LogP contribution in [0.4, 0.5) is 10.7 Å². The lowest BCUT2D eigenvalue weighted by Gasteiger charge is -2.33. The van der Waals surface area contributed by atoms with Gasteiger partial charge in [-0.1, -0.05) is 0 Å². The van der Waals surface area contributed by atoms with E-state index in [1.807, 2.05) is 0 Å². The molecule has 1 aromatic heterocycles. The molecule has 2 fully saturated rings. The second kappa shape index (κ2) is 4.45. The largest absolute Gasteiger partial charge is 0.397 e. The van der Waals surface area contributed by atoms with Crippen LogP contribution in [0.3, 0.4) is 0 Å². The predicted molar refractivity (Wildman–Crippen MR) is 75.1 cm³/mol. The first-order valence-electron chi connectivity index (χ1n) is 6.46. The lowest BCUT2D eigenvalue weighted by Crippen LogP contribution is -2.44. The van der Waals surface area contributed by atoms with Crippen molar-refractivity contribution in [1.29, 1.82) is 5.26 Å². The summed E-state index contributed by atoms with van der Waals surface area (Å²) in [6.07, 6.45) is 2.46. The van der Waals surface area contributed by atoms with Gasteiger partial charge in [0.2, 0.25) is 0 Å². The van der Waals surface area contributed by atoms with E-state index in [2.05, 4.69) is 22.9 Å². The zero-order chi connectivity index (χ0) is 12.7. The molecule has 0 atom stereocenters. The molecule has 0 spiro atoms. The monoisotopic (exact) mass is 262 g/mol. The number of thiophene rings is 1. The van der Waals surface area contributed by atoms with Crippen LogP contribution in [0.15, 0.2) is 0 Å².